The van der Waals surface area contributed by atoms with Gasteiger partial charge in [0.15, 0.2) is 5.69 Å². The first-order valence-electron chi connectivity index (χ1n) is 9.19. The molecule has 0 fully saturated rings. The summed E-state index contributed by atoms with van der Waals surface area (Å²) in [6.45, 7) is 3.59. The first-order chi connectivity index (χ1) is 12.5. The van der Waals surface area contributed by atoms with Crippen LogP contribution in [-0.2, 0) is 30.7 Å². The number of nitrogens with zero attached hydrogens (tertiary/aromatic N) is 4. The van der Waals surface area contributed by atoms with E-state index in [9.17, 15) is 9.59 Å². The van der Waals surface area contributed by atoms with Crippen molar-refractivity contribution >= 4 is 11.8 Å². The standard InChI is InChI=1S/C20H24N4O2/c1-14(25)23-8-5-9-24-18(13-23)12-19(21-24)20(26)22(2)17-10-15-6-3-4-7-16(15)11-17/h3-4,6-7,12,17H,5,8-11,13H2,1-2H3. The van der Waals surface area contributed by atoms with Crippen molar-refractivity contribution in [2.45, 2.75) is 45.3 Å². The Morgan fingerprint density at radius 2 is 1.85 bits per heavy atom. The number of fused-ring (bicyclic) bond motifs is 2. The number of aromatic nitrogens is 2. The van der Waals surface area contributed by atoms with Crippen LogP contribution in [0.3, 0.4) is 0 Å². The van der Waals surface area contributed by atoms with Crippen LogP contribution in [0.15, 0.2) is 30.3 Å². The summed E-state index contributed by atoms with van der Waals surface area (Å²) < 4.78 is 1.88. The van der Waals surface area contributed by atoms with Crippen molar-refractivity contribution in [1.82, 2.24) is 19.6 Å². The van der Waals surface area contributed by atoms with E-state index in [1.54, 1.807) is 6.92 Å². The second-order valence-corrected chi connectivity index (χ2v) is 7.29. The Morgan fingerprint density at radius 3 is 2.50 bits per heavy atom. The molecule has 0 bridgehead atoms. The third-order valence-corrected chi connectivity index (χ3v) is 5.58. The van der Waals surface area contributed by atoms with Gasteiger partial charge in [-0.15, -0.1) is 0 Å². The molecule has 4 rings (SSSR count). The maximum atomic E-state index is 13.0. The number of aryl methyl sites for hydroxylation is 1. The van der Waals surface area contributed by atoms with Crippen LogP contribution in [0.25, 0.3) is 0 Å². The van der Waals surface area contributed by atoms with E-state index in [2.05, 4.69) is 29.4 Å². The van der Waals surface area contributed by atoms with E-state index in [1.807, 2.05) is 27.6 Å². The van der Waals surface area contributed by atoms with Crippen molar-refractivity contribution in [2.24, 2.45) is 0 Å². The molecule has 1 aliphatic heterocycles. The summed E-state index contributed by atoms with van der Waals surface area (Å²) in [6.07, 6.45) is 2.64. The summed E-state index contributed by atoms with van der Waals surface area (Å²) >= 11 is 0. The smallest absolute Gasteiger partial charge is 0.274 e. The van der Waals surface area contributed by atoms with E-state index in [0.29, 0.717) is 12.2 Å². The summed E-state index contributed by atoms with van der Waals surface area (Å²) in [6, 6.07) is 10.4. The van der Waals surface area contributed by atoms with Crippen molar-refractivity contribution in [1.29, 1.82) is 0 Å². The van der Waals surface area contributed by atoms with E-state index in [1.165, 1.54) is 11.1 Å². The van der Waals surface area contributed by atoms with Crippen LogP contribution in [0.5, 0.6) is 0 Å². The highest BCUT2D eigenvalue weighted by molar-refractivity contribution is 5.92. The lowest BCUT2D eigenvalue weighted by Crippen LogP contribution is -2.37. The molecule has 6 nitrogen and oxygen atoms in total. The Hall–Kier alpha value is -2.63. The van der Waals surface area contributed by atoms with Crippen molar-refractivity contribution in [2.75, 3.05) is 13.6 Å². The minimum atomic E-state index is -0.0437. The first kappa shape index (κ1) is 16.8. The predicted octanol–water partition coefficient (Wildman–Crippen LogP) is 1.87. The van der Waals surface area contributed by atoms with Gasteiger partial charge < -0.3 is 9.80 Å². The molecule has 0 N–H and O–H groups in total. The van der Waals surface area contributed by atoms with Crippen molar-refractivity contribution in [3.05, 3.63) is 52.8 Å². The highest BCUT2D eigenvalue weighted by atomic mass is 16.2. The molecule has 2 aliphatic rings. The molecule has 0 saturated carbocycles. The molecule has 0 unspecified atom stereocenters. The van der Waals surface area contributed by atoms with Crippen molar-refractivity contribution in [3.63, 3.8) is 0 Å². The number of rotatable bonds is 2. The second-order valence-electron chi connectivity index (χ2n) is 7.29. The largest absolute Gasteiger partial charge is 0.337 e. The summed E-state index contributed by atoms with van der Waals surface area (Å²) in [5.41, 5.74) is 4.07. The minimum Gasteiger partial charge on any atom is -0.337 e. The Balaban J connectivity index is 1.51. The number of amides is 2. The average molecular weight is 352 g/mol. The summed E-state index contributed by atoms with van der Waals surface area (Å²) in [7, 11) is 1.87. The van der Waals surface area contributed by atoms with Crippen LogP contribution in [0.2, 0.25) is 0 Å². The Morgan fingerprint density at radius 1 is 1.15 bits per heavy atom. The zero-order chi connectivity index (χ0) is 18.3. The quantitative estimate of drug-likeness (QED) is 0.829. The second kappa shape index (κ2) is 6.59. The van der Waals surface area contributed by atoms with Gasteiger partial charge in [-0.2, -0.15) is 5.10 Å². The third kappa shape index (κ3) is 3.00. The summed E-state index contributed by atoms with van der Waals surface area (Å²) in [5, 5.41) is 4.53. The maximum absolute atomic E-state index is 13.0. The fraction of sp³-hybridized carbons (Fsp3) is 0.450. The molecule has 2 heterocycles. The summed E-state index contributed by atoms with van der Waals surface area (Å²) in [5.74, 6) is 0.0196. The van der Waals surface area contributed by atoms with Crippen LogP contribution in [0.4, 0.5) is 0 Å². The number of benzene rings is 1. The van der Waals surface area contributed by atoms with Gasteiger partial charge in [-0.1, -0.05) is 24.3 Å². The highest BCUT2D eigenvalue weighted by Crippen LogP contribution is 2.26. The zero-order valence-electron chi connectivity index (χ0n) is 15.3. The van der Waals surface area contributed by atoms with Gasteiger partial charge in [0, 0.05) is 33.1 Å². The van der Waals surface area contributed by atoms with Gasteiger partial charge in [0.05, 0.1) is 12.2 Å². The van der Waals surface area contributed by atoms with Gasteiger partial charge in [-0.25, -0.2) is 0 Å². The molecular weight excluding hydrogens is 328 g/mol. The van der Waals surface area contributed by atoms with Crippen LogP contribution >= 0.6 is 0 Å². The molecule has 0 radical (unpaired) electrons. The number of carbonyl (C=O) groups excluding carboxylic acids is 2. The van der Waals surface area contributed by atoms with Crippen molar-refractivity contribution < 1.29 is 9.59 Å². The predicted molar refractivity (Wildman–Crippen MR) is 97.7 cm³/mol. The molecule has 2 aromatic rings. The normalized spacial score (nSPS) is 16.8. The molecule has 0 atom stereocenters. The first-order valence-corrected chi connectivity index (χ1v) is 9.19. The van der Waals surface area contributed by atoms with Crippen LogP contribution < -0.4 is 0 Å². The van der Waals surface area contributed by atoms with Gasteiger partial charge in [-0.3, -0.25) is 14.3 Å². The van der Waals surface area contributed by atoms with Gasteiger partial charge in [0.1, 0.15) is 0 Å². The molecule has 26 heavy (non-hydrogen) atoms. The lowest BCUT2D eigenvalue weighted by molar-refractivity contribution is -0.129. The average Bonchev–Trinajstić information content (AvgIpc) is 3.18. The molecule has 136 valence electrons. The molecule has 1 aliphatic carbocycles. The highest BCUT2D eigenvalue weighted by Gasteiger charge is 2.29. The van der Waals surface area contributed by atoms with Crippen molar-refractivity contribution in [3.8, 4) is 0 Å². The van der Waals surface area contributed by atoms with E-state index in [-0.39, 0.29) is 17.9 Å². The van der Waals surface area contributed by atoms with Crippen LogP contribution in [0.1, 0.15) is 40.7 Å². The van der Waals surface area contributed by atoms with E-state index < -0.39 is 0 Å². The van der Waals surface area contributed by atoms with E-state index in [4.69, 9.17) is 0 Å². The van der Waals surface area contributed by atoms with Gasteiger partial charge in [0.2, 0.25) is 5.91 Å². The number of hydrogen-bond donors (Lipinski definition) is 0. The Kier molecular flexibility index (Phi) is 4.26. The van der Waals surface area contributed by atoms with Gasteiger partial charge in [-0.05, 0) is 36.5 Å². The number of likely N-dealkylation sites (N-methyl/N-ethyl adjacent to an activating group) is 1. The SMILES string of the molecule is CC(=O)N1CCCn2nc(C(=O)N(C)C3Cc4ccccc4C3)cc2C1. The molecule has 1 aromatic heterocycles. The Labute approximate surface area is 153 Å². The molecule has 6 heteroatoms. The molecule has 2 amide bonds. The van der Waals surface area contributed by atoms with Gasteiger partial charge in [0.25, 0.3) is 5.91 Å². The third-order valence-electron chi connectivity index (χ3n) is 5.58. The fourth-order valence-corrected chi connectivity index (χ4v) is 3.99. The minimum absolute atomic E-state index is 0.0437. The zero-order valence-corrected chi connectivity index (χ0v) is 15.3. The molecular formula is C20H24N4O2. The van der Waals surface area contributed by atoms with Crippen LogP contribution in [-0.4, -0.2) is 51.0 Å². The van der Waals surface area contributed by atoms with Crippen LogP contribution in [0, 0.1) is 0 Å². The number of hydrogen-bond acceptors (Lipinski definition) is 3. The molecule has 0 spiro atoms. The summed E-state index contributed by atoms with van der Waals surface area (Å²) in [4.78, 5) is 28.3. The number of carbonyl (C=O) groups is 2. The van der Waals surface area contributed by atoms with Gasteiger partial charge >= 0.3 is 0 Å². The fourth-order valence-electron chi connectivity index (χ4n) is 3.99. The monoisotopic (exact) mass is 352 g/mol. The lowest BCUT2D eigenvalue weighted by Gasteiger charge is -2.23. The molecule has 0 saturated heterocycles. The molecule has 1 aromatic carbocycles. The lowest BCUT2D eigenvalue weighted by atomic mass is 10.1. The Bertz CT molecular complexity index is 832. The van der Waals surface area contributed by atoms with E-state index in [0.717, 1.165) is 38.0 Å². The topological polar surface area (TPSA) is 58.4 Å². The maximum Gasteiger partial charge on any atom is 0.274 e. The van der Waals surface area contributed by atoms with E-state index >= 15 is 0 Å².